The Morgan fingerprint density at radius 3 is 2.65 bits per heavy atom. The molecule has 1 heterocycles. The molecule has 0 aliphatic heterocycles. The molecule has 0 amide bonds. The molecule has 5 nitrogen and oxygen atoms in total. The van der Waals surface area contributed by atoms with Crippen LogP contribution in [0.4, 0.5) is 0 Å². The zero-order valence-electron chi connectivity index (χ0n) is 11.6. The molecule has 5 heteroatoms. The summed E-state index contributed by atoms with van der Waals surface area (Å²) in [6.45, 7) is 4.51. The van der Waals surface area contributed by atoms with Gasteiger partial charge in [-0.3, -0.25) is 4.68 Å². The van der Waals surface area contributed by atoms with Crippen LogP contribution < -0.4 is 4.74 Å². The van der Waals surface area contributed by atoms with E-state index >= 15 is 0 Å². The Kier molecular flexibility index (Phi) is 4.40. The number of ether oxygens (including phenoxy) is 1. The summed E-state index contributed by atoms with van der Waals surface area (Å²) < 4.78 is 7.20. The highest BCUT2D eigenvalue weighted by atomic mass is 16.5. The number of aryl methyl sites for hydroxylation is 1. The minimum atomic E-state index is -0.977. The van der Waals surface area contributed by atoms with Gasteiger partial charge in [-0.1, -0.05) is 19.1 Å². The maximum Gasteiger partial charge on any atom is 0.344 e. The van der Waals surface area contributed by atoms with Crippen LogP contribution in [-0.4, -0.2) is 27.0 Å². The third kappa shape index (κ3) is 3.38. The van der Waals surface area contributed by atoms with Crippen LogP contribution in [0, 0.1) is 0 Å². The van der Waals surface area contributed by atoms with Crippen molar-refractivity contribution < 1.29 is 14.6 Å². The van der Waals surface area contributed by atoms with Crippen molar-refractivity contribution in [3.8, 4) is 16.9 Å². The van der Waals surface area contributed by atoms with Crippen LogP contribution in [0.1, 0.15) is 20.3 Å². The number of hydrogen-bond donors (Lipinski definition) is 1. The molecule has 1 N–H and O–H groups in total. The van der Waals surface area contributed by atoms with E-state index in [0.29, 0.717) is 5.75 Å². The number of aromatic nitrogens is 2. The van der Waals surface area contributed by atoms with Gasteiger partial charge >= 0.3 is 5.97 Å². The minimum Gasteiger partial charge on any atom is -0.479 e. The van der Waals surface area contributed by atoms with Gasteiger partial charge in [0.15, 0.2) is 6.10 Å². The topological polar surface area (TPSA) is 64.3 Å². The second kappa shape index (κ2) is 6.23. The van der Waals surface area contributed by atoms with E-state index < -0.39 is 12.1 Å². The summed E-state index contributed by atoms with van der Waals surface area (Å²) in [5.74, 6) is -0.431. The average molecular weight is 274 g/mol. The summed E-state index contributed by atoms with van der Waals surface area (Å²) in [6.07, 6.45) is 4.01. The highest BCUT2D eigenvalue weighted by molar-refractivity contribution is 5.72. The second-order valence-electron chi connectivity index (χ2n) is 4.61. The fourth-order valence-corrected chi connectivity index (χ4v) is 1.84. The van der Waals surface area contributed by atoms with E-state index in [-0.39, 0.29) is 0 Å². The van der Waals surface area contributed by atoms with Crippen LogP contribution in [0.2, 0.25) is 0 Å². The van der Waals surface area contributed by atoms with Crippen molar-refractivity contribution in [2.75, 3.05) is 0 Å². The predicted molar refractivity (Wildman–Crippen MR) is 75.7 cm³/mol. The summed E-state index contributed by atoms with van der Waals surface area (Å²) in [5.41, 5.74) is 2.07. The highest BCUT2D eigenvalue weighted by Crippen LogP contribution is 2.22. The summed E-state index contributed by atoms with van der Waals surface area (Å²) >= 11 is 0. The maximum absolute atomic E-state index is 10.7. The summed E-state index contributed by atoms with van der Waals surface area (Å²) in [6, 6.07) is 7.34. The van der Waals surface area contributed by atoms with Gasteiger partial charge in [0.05, 0.1) is 6.20 Å². The zero-order valence-corrected chi connectivity index (χ0v) is 11.6. The molecule has 0 unspecified atom stereocenters. The largest absolute Gasteiger partial charge is 0.479 e. The second-order valence-corrected chi connectivity index (χ2v) is 4.61. The lowest BCUT2D eigenvalue weighted by Gasteiger charge is -2.10. The summed E-state index contributed by atoms with van der Waals surface area (Å²) in [7, 11) is 0. The van der Waals surface area contributed by atoms with E-state index in [1.54, 1.807) is 12.1 Å². The van der Waals surface area contributed by atoms with Gasteiger partial charge in [0.2, 0.25) is 0 Å². The molecule has 20 heavy (non-hydrogen) atoms. The number of carboxylic acid groups (broad SMARTS) is 1. The van der Waals surface area contributed by atoms with Gasteiger partial charge in [-0.05, 0) is 31.0 Å². The average Bonchev–Trinajstić information content (AvgIpc) is 2.88. The third-order valence-corrected chi connectivity index (χ3v) is 2.93. The zero-order chi connectivity index (χ0) is 14.5. The van der Waals surface area contributed by atoms with Crippen molar-refractivity contribution in [3.05, 3.63) is 36.7 Å². The molecule has 0 spiro atoms. The van der Waals surface area contributed by atoms with E-state index in [0.717, 1.165) is 24.1 Å². The molecule has 0 radical (unpaired) electrons. The Morgan fingerprint density at radius 2 is 2.05 bits per heavy atom. The molecule has 0 aliphatic carbocycles. The quantitative estimate of drug-likeness (QED) is 0.879. The van der Waals surface area contributed by atoms with E-state index in [2.05, 4.69) is 12.0 Å². The summed E-state index contributed by atoms with van der Waals surface area (Å²) in [4.78, 5) is 10.7. The van der Waals surface area contributed by atoms with Crippen molar-refractivity contribution in [2.24, 2.45) is 0 Å². The third-order valence-electron chi connectivity index (χ3n) is 2.93. The van der Waals surface area contributed by atoms with Crippen molar-refractivity contribution in [3.63, 3.8) is 0 Å². The molecule has 0 aliphatic rings. The highest BCUT2D eigenvalue weighted by Gasteiger charge is 2.12. The first kappa shape index (κ1) is 14.1. The first-order valence-corrected chi connectivity index (χ1v) is 6.62. The minimum absolute atomic E-state index is 0.546. The Labute approximate surface area is 117 Å². The van der Waals surface area contributed by atoms with Gasteiger partial charge in [0.1, 0.15) is 5.75 Å². The van der Waals surface area contributed by atoms with Crippen molar-refractivity contribution in [1.82, 2.24) is 9.78 Å². The molecule has 2 rings (SSSR count). The summed E-state index contributed by atoms with van der Waals surface area (Å²) in [5, 5.41) is 13.1. The molecule has 1 atom stereocenters. The molecule has 0 bridgehead atoms. The van der Waals surface area contributed by atoms with E-state index in [1.165, 1.54) is 6.92 Å². The Bertz CT molecular complexity index is 575. The maximum atomic E-state index is 10.7. The van der Waals surface area contributed by atoms with Gasteiger partial charge in [-0.2, -0.15) is 5.10 Å². The molecule has 0 saturated carbocycles. The van der Waals surface area contributed by atoms with Crippen LogP contribution in [0.3, 0.4) is 0 Å². The van der Waals surface area contributed by atoms with Gasteiger partial charge in [-0.25, -0.2) is 4.79 Å². The normalized spacial score (nSPS) is 12.1. The molecular formula is C15H18N2O3. The molecule has 0 saturated heterocycles. The number of nitrogens with zero attached hydrogens (tertiary/aromatic N) is 2. The van der Waals surface area contributed by atoms with Crippen LogP contribution in [0.15, 0.2) is 36.7 Å². The number of carboxylic acids is 1. The smallest absolute Gasteiger partial charge is 0.344 e. The van der Waals surface area contributed by atoms with Crippen LogP contribution in [0.25, 0.3) is 11.1 Å². The number of rotatable bonds is 6. The number of benzene rings is 1. The van der Waals surface area contributed by atoms with Crippen molar-refractivity contribution in [2.45, 2.75) is 32.9 Å². The number of aliphatic carboxylic acids is 1. The Balaban J connectivity index is 2.09. The first-order chi connectivity index (χ1) is 9.60. The van der Waals surface area contributed by atoms with Crippen molar-refractivity contribution >= 4 is 5.97 Å². The number of hydrogen-bond acceptors (Lipinski definition) is 3. The van der Waals surface area contributed by atoms with E-state index in [4.69, 9.17) is 9.84 Å². The van der Waals surface area contributed by atoms with Crippen LogP contribution in [-0.2, 0) is 11.3 Å². The fraction of sp³-hybridized carbons (Fsp3) is 0.333. The Hall–Kier alpha value is -2.30. The lowest BCUT2D eigenvalue weighted by molar-refractivity contribution is -0.144. The van der Waals surface area contributed by atoms with Gasteiger partial charge in [-0.15, -0.1) is 0 Å². The van der Waals surface area contributed by atoms with E-state index in [1.807, 2.05) is 29.2 Å². The first-order valence-electron chi connectivity index (χ1n) is 6.62. The predicted octanol–water partition coefficient (Wildman–Crippen LogP) is 2.81. The van der Waals surface area contributed by atoms with Gasteiger partial charge in [0, 0.05) is 18.3 Å². The van der Waals surface area contributed by atoms with Gasteiger partial charge in [0.25, 0.3) is 0 Å². The van der Waals surface area contributed by atoms with Crippen molar-refractivity contribution in [1.29, 1.82) is 0 Å². The number of carbonyl (C=O) groups is 1. The van der Waals surface area contributed by atoms with Crippen LogP contribution >= 0.6 is 0 Å². The standard InChI is InChI=1S/C15H18N2O3/c1-3-8-17-10-13(9-16-17)12-4-6-14(7-5-12)20-11(2)15(18)19/h4-7,9-11H,3,8H2,1-2H3,(H,18,19)/t11-/m0/s1. The fourth-order valence-electron chi connectivity index (χ4n) is 1.84. The molecule has 2 aromatic rings. The lowest BCUT2D eigenvalue weighted by atomic mass is 10.1. The molecular weight excluding hydrogens is 256 g/mol. The monoisotopic (exact) mass is 274 g/mol. The lowest BCUT2D eigenvalue weighted by Crippen LogP contribution is -2.22. The Morgan fingerprint density at radius 1 is 1.35 bits per heavy atom. The van der Waals surface area contributed by atoms with Gasteiger partial charge < -0.3 is 9.84 Å². The molecule has 1 aromatic carbocycles. The molecule has 1 aromatic heterocycles. The van der Waals surface area contributed by atoms with Crippen LogP contribution in [0.5, 0.6) is 5.75 Å². The molecule has 0 fully saturated rings. The van der Waals surface area contributed by atoms with E-state index in [9.17, 15) is 4.79 Å². The molecule has 106 valence electrons. The SMILES string of the molecule is CCCn1cc(-c2ccc(O[C@@H](C)C(=O)O)cc2)cn1.